The van der Waals surface area contributed by atoms with Crippen LogP contribution in [0.2, 0.25) is 0 Å². The Bertz CT molecular complexity index is 658. The van der Waals surface area contributed by atoms with Crippen LogP contribution >= 0.6 is 0 Å². The summed E-state index contributed by atoms with van der Waals surface area (Å²) in [6, 6.07) is 11.7. The van der Waals surface area contributed by atoms with Crippen LogP contribution < -0.4 is 11.5 Å². The zero-order chi connectivity index (χ0) is 15.4. The summed E-state index contributed by atoms with van der Waals surface area (Å²) in [4.78, 5) is 13.0. The molecule has 0 saturated carbocycles. The summed E-state index contributed by atoms with van der Waals surface area (Å²) in [5.74, 6) is -0.727. The molecule has 0 radical (unpaired) electrons. The fourth-order valence-corrected chi connectivity index (χ4v) is 2.16. The van der Waals surface area contributed by atoms with E-state index in [9.17, 15) is 9.18 Å². The number of amides is 1. The maximum absolute atomic E-state index is 13.6. The van der Waals surface area contributed by atoms with Crippen molar-refractivity contribution in [2.45, 2.75) is 13.1 Å². The van der Waals surface area contributed by atoms with E-state index in [4.69, 9.17) is 11.5 Å². The standard InChI is InChI=1S/C16H18FN3O/c1-20(9-12-4-2-3-5-14(12)17)10-13-7-6-11(16(19)21)8-15(13)18/h2-8H,9-10,18H2,1H3,(H2,19,21). The van der Waals surface area contributed by atoms with Crippen LogP contribution in [0.4, 0.5) is 10.1 Å². The molecular formula is C16H18FN3O. The number of nitrogens with two attached hydrogens (primary N) is 2. The highest BCUT2D eigenvalue weighted by Crippen LogP contribution is 2.17. The van der Waals surface area contributed by atoms with Crippen LogP contribution in [0.5, 0.6) is 0 Å². The van der Waals surface area contributed by atoms with Gasteiger partial charge in [-0.2, -0.15) is 0 Å². The quantitative estimate of drug-likeness (QED) is 0.828. The monoisotopic (exact) mass is 287 g/mol. The van der Waals surface area contributed by atoms with Crippen LogP contribution in [0, 0.1) is 5.82 Å². The number of primary amides is 1. The van der Waals surface area contributed by atoms with Crippen molar-refractivity contribution in [3.8, 4) is 0 Å². The minimum absolute atomic E-state index is 0.221. The number of halogens is 1. The van der Waals surface area contributed by atoms with E-state index in [1.165, 1.54) is 6.07 Å². The van der Waals surface area contributed by atoms with Crippen molar-refractivity contribution in [2.75, 3.05) is 12.8 Å². The Morgan fingerprint density at radius 1 is 1.14 bits per heavy atom. The Hall–Kier alpha value is -2.40. The molecule has 2 aromatic rings. The van der Waals surface area contributed by atoms with Gasteiger partial charge in [0.2, 0.25) is 5.91 Å². The van der Waals surface area contributed by atoms with Crippen LogP contribution in [0.15, 0.2) is 42.5 Å². The van der Waals surface area contributed by atoms with E-state index in [1.807, 2.05) is 18.0 Å². The molecule has 21 heavy (non-hydrogen) atoms. The molecule has 0 spiro atoms. The number of rotatable bonds is 5. The molecule has 2 aromatic carbocycles. The molecule has 0 fully saturated rings. The number of carbonyl (C=O) groups is 1. The number of hydrogen-bond acceptors (Lipinski definition) is 3. The third kappa shape index (κ3) is 3.79. The van der Waals surface area contributed by atoms with Crippen LogP contribution in [0.3, 0.4) is 0 Å². The fourth-order valence-electron chi connectivity index (χ4n) is 2.16. The van der Waals surface area contributed by atoms with E-state index < -0.39 is 5.91 Å². The minimum Gasteiger partial charge on any atom is -0.398 e. The summed E-state index contributed by atoms with van der Waals surface area (Å²) in [5, 5.41) is 0. The zero-order valence-electron chi connectivity index (χ0n) is 11.8. The summed E-state index contributed by atoms with van der Waals surface area (Å²) >= 11 is 0. The first-order chi connectivity index (χ1) is 9.97. The van der Waals surface area contributed by atoms with E-state index in [-0.39, 0.29) is 5.82 Å². The average Bonchev–Trinajstić information content (AvgIpc) is 2.43. The lowest BCUT2D eigenvalue weighted by Gasteiger charge is -2.18. The SMILES string of the molecule is CN(Cc1ccc(C(N)=O)cc1N)Cc1ccccc1F. The fraction of sp³-hybridized carbons (Fsp3) is 0.188. The smallest absolute Gasteiger partial charge is 0.248 e. The number of hydrogen-bond donors (Lipinski definition) is 2. The second-order valence-electron chi connectivity index (χ2n) is 5.04. The van der Waals surface area contributed by atoms with Gasteiger partial charge >= 0.3 is 0 Å². The number of nitrogens with zero attached hydrogens (tertiary/aromatic N) is 1. The topological polar surface area (TPSA) is 72.3 Å². The highest BCUT2D eigenvalue weighted by atomic mass is 19.1. The number of carbonyl (C=O) groups excluding carboxylic acids is 1. The molecule has 110 valence electrons. The molecule has 5 heteroatoms. The molecule has 4 N–H and O–H groups in total. The molecule has 0 aliphatic heterocycles. The van der Waals surface area contributed by atoms with Crippen LogP contribution in [0.1, 0.15) is 21.5 Å². The predicted molar refractivity (Wildman–Crippen MR) is 80.9 cm³/mol. The van der Waals surface area contributed by atoms with Gasteiger partial charge in [-0.25, -0.2) is 4.39 Å². The summed E-state index contributed by atoms with van der Waals surface area (Å²) < 4.78 is 13.6. The van der Waals surface area contributed by atoms with Gasteiger partial charge in [0.15, 0.2) is 0 Å². The summed E-state index contributed by atoms with van der Waals surface area (Å²) in [7, 11) is 1.88. The predicted octanol–water partition coefficient (Wildman–Crippen LogP) is 2.14. The van der Waals surface area contributed by atoms with E-state index in [0.29, 0.717) is 29.9 Å². The first-order valence-corrected chi connectivity index (χ1v) is 6.57. The third-order valence-corrected chi connectivity index (χ3v) is 3.27. The lowest BCUT2D eigenvalue weighted by molar-refractivity contribution is 0.100. The van der Waals surface area contributed by atoms with E-state index >= 15 is 0 Å². The largest absolute Gasteiger partial charge is 0.398 e. The first kappa shape index (κ1) is 15.0. The van der Waals surface area contributed by atoms with E-state index in [1.54, 1.807) is 30.3 Å². The maximum atomic E-state index is 13.6. The highest BCUT2D eigenvalue weighted by Gasteiger charge is 2.09. The van der Waals surface area contributed by atoms with Crippen LogP contribution in [0.25, 0.3) is 0 Å². The first-order valence-electron chi connectivity index (χ1n) is 6.57. The minimum atomic E-state index is -0.507. The maximum Gasteiger partial charge on any atom is 0.248 e. The zero-order valence-corrected chi connectivity index (χ0v) is 11.8. The Labute approximate surface area is 123 Å². The molecular weight excluding hydrogens is 269 g/mol. The van der Waals surface area contributed by atoms with Gasteiger partial charge in [-0.1, -0.05) is 24.3 Å². The molecule has 0 unspecified atom stereocenters. The van der Waals surface area contributed by atoms with Gasteiger partial charge in [0, 0.05) is 29.9 Å². The molecule has 1 amide bonds. The van der Waals surface area contributed by atoms with Gasteiger partial charge in [-0.3, -0.25) is 9.69 Å². The second-order valence-corrected chi connectivity index (χ2v) is 5.04. The molecule has 0 heterocycles. The van der Waals surface area contributed by atoms with Gasteiger partial charge in [-0.15, -0.1) is 0 Å². The second kappa shape index (κ2) is 6.37. The van der Waals surface area contributed by atoms with Crippen molar-refractivity contribution in [2.24, 2.45) is 5.73 Å². The van der Waals surface area contributed by atoms with Crippen molar-refractivity contribution in [3.05, 3.63) is 65.0 Å². The number of anilines is 1. The summed E-state index contributed by atoms with van der Waals surface area (Å²) in [5.41, 5.74) is 13.5. The normalized spacial score (nSPS) is 10.8. The lowest BCUT2D eigenvalue weighted by atomic mass is 10.1. The van der Waals surface area contributed by atoms with Gasteiger partial charge in [0.25, 0.3) is 0 Å². The van der Waals surface area contributed by atoms with Crippen molar-refractivity contribution in [1.82, 2.24) is 4.90 Å². The number of nitrogen functional groups attached to an aromatic ring is 1. The molecule has 2 rings (SSSR count). The Morgan fingerprint density at radius 3 is 2.43 bits per heavy atom. The molecule has 0 saturated heterocycles. The van der Waals surface area contributed by atoms with Crippen molar-refractivity contribution in [1.29, 1.82) is 0 Å². The molecule has 0 aliphatic carbocycles. The van der Waals surface area contributed by atoms with Gasteiger partial charge < -0.3 is 11.5 Å². The van der Waals surface area contributed by atoms with Gasteiger partial charge in [-0.05, 0) is 30.8 Å². The molecule has 0 aliphatic rings. The van der Waals surface area contributed by atoms with Crippen LogP contribution in [-0.4, -0.2) is 17.9 Å². The van der Waals surface area contributed by atoms with Crippen LogP contribution in [-0.2, 0) is 13.1 Å². The molecule has 0 aromatic heterocycles. The van der Waals surface area contributed by atoms with Gasteiger partial charge in [0.1, 0.15) is 5.82 Å². The summed E-state index contributed by atoms with van der Waals surface area (Å²) in [6.07, 6.45) is 0. The Kier molecular flexibility index (Phi) is 4.55. The van der Waals surface area contributed by atoms with Crippen molar-refractivity contribution < 1.29 is 9.18 Å². The Balaban J connectivity index is 2.08. The molecule has 4 nitrogen and oxygen atoms in total. The van der Waals surface area contributed by atoms with E-state index in [2.05, 4.69) is 0 Å². The molecule has 0 atom stereocenters. The van der Waals surface area contributed by atoms with Crippen molar-refractivity contribution in [3.63, 3.8) is 0 Å². The third-order valence-electron chi connectivity index (χ3n) is 3.27. The van der Waals surface area contributed by atoms with Gasteiger partial charge in [0.05, 0.1) is 0 Å². The lowest BCUT2D eigenvalue weighted by Crippen LogP contribution is -2.19. The van der Waals surface area contributed by atoms with Crippen molar-refractivity contribution >= 4 is 11.6 Å². The summed E-state index contributed by atoms with van der Waals surface area (Å²) in [6.45, 7) is 1.03. The highest BCUT2D eigenvalue weighted by molar-refractivity contribution is 5.93. The molecule has 0 bridgehead atoms. The van der Waals surface area contributed by atoms with E-state index in [0.717, 1.165) is 5.56 Å². The number of benzene rings is 2. The average molecular weight is 287 g/mol. The Morgan fingerprint density at radius 2 is 1.81 bits per heavy atom.